The maximum atomic E-state index is 13.6. The first kappa shape index (κ1) is 40.5. The molecule has 0 bridgehead atoms. The van der Waals surface area contributed by atoms with Gasteiger partial charge in [0.1, 0.15) is 11.5 Å². The summed E-state index contributed by atoms with van der Waals surface area (Å²) in [5, 5.41) is 15.3. The molecule has 5 rings (SSSR count). The van der Waals surface area contributed by atoms with Crippen LogP contribution < -0.4 is 20.5 Å². The maximum absolute atomic E-state index is 13.6. The normalized spacial score (nSPS) is 20.5. The number of methoxy groups -OCH3 is 2. The number of nitrogens with zero attached hydrogens (tertiary/aromatic N) is 1. The van der Waals surface area contributed by atoms with Gasteiger partial charge in [-0.25, -0.2) is 0 Å². The second-order valence-corrected chi connectivity index (χ2v) is 15.5. The number of fused-ring (bicyclic) bond motifs is 1. The summed E-state index contributed by atoms with van der Waals surface area (Å²) in [5.74, 6) is 1.32. The number of carbonyl (C=O) groups is 1. The predicted molar refractivity (Wildman–Crippen MR) is 209 cm³/mol. The molecule has 1 saturated heterocycles. The van der Waals surface area contributed by atoms with Crippen LogP contribution in [0.2, 0.25) is 0 Å². The number of aliphatic hydroxyl groups excluding tert-OH is 1. The van der Waals surface area contributed by atoms with Crippen LogP contribution in [0.4, 0.5) is 5.69 Å². The summed E-state index contributed by atoms with van der Waals surface area (Å²) >= 11 is 0. The van der Waals surface area contributed by atoms with Crippen molar-refractivity contribution in [1.82, 2.24) is 4.90 Å². The number of aliphatic hydroxyl groups is 1. The molecule has 2 aliphatic heterocycles. The predicted octanol–water partition coefficient (Wildman–Crippen LogP) is 6.60. The van der Waals surface area contributed by atoms with E-state index >= 15 is 0 Å². The molecule has 0 aliphatic carbocycles. The number of nitrogens with two attached hydrogens (primary N) is 1. The van der Waals surface area contributed by atoms with E-state index in [-0.39, 0.29) is 35.8 Å². The third kappa shape index (κ3) is 10.7. The fraction of sp³-hybridized carbons (Fsp3) is 0.558. The Morgan fingerprint density at radius 2 is 1.77 bits per heavy atom. The first-order valence-electron chi connectivity index (χ1n) is 19.2. The molecule has 0 radical (unpaired) electrons. The fourth-order valence-corrected chi connectivity index (χ4v) is 7.57. The van der Waals surface area contributed by atoms with Crippen molar-refractivity contribution in [3.63, 3.8) is 0 Å². The van der Waals surface area contributed by atoms with Crippen LogP contribution in [0.25, 0.3) is 0 Å². The molecule has 10 heteroatoms. The van der Waals surface area contributed by atoms with E-state index in [9.17, 15) is 9.90 Å². The SMILES string of the molecule is COCCCC(O[C@H]1CN(C(=O)C(N)CC(C)C)C[C@@H](O)[C@@H]1c1ccc(OCCCOCc2ccccc2OC)cc1)c1ccc2c(c1)NCC2(C)C. The molecule has 0 spiro atoms. The Balaban J connectivity index is 1.30. The number of rotatable bonds is 19. The molecule has 1 fully saturated rings. The fourth-order valence-electron chi connectivity index (χ4n) is 7.57. The molecule has 0 saturated carbocycles. The third-order valence-corrected chi connectivity index (χ3v) is 10.4. The molecule has 53 heavy (non-hydrogen) atoms. The van der Waals surface area contributed by atoms with Crippen molar-refractivity contribution in [3.05, 3.63) is 89.0 Å². The minimum Gasteiger partial charge on any atom is -0.496 e. The Bertz CT molecular complexity index is 1600. The van der Waals surface area contributed by atoms with Gasteiger partial charge in [-0.15, -0.1) is 0 Å². The lowest BCUT2D eigenvalue weighted by atomic mass is 9.83. The lowest BCUT2D eigenvalue weighted by Crippen LogP contribution is -2.57. The van der Waals surface area contributed by atoms with E-state index in [0.29, 0.717) is 39.4 Å². The van der Waals surface area contributed by atoms with Crippen LogP contribution in [-0.4, -0.2) is 87.8 Å². The molecule has 2 unspecified atom stereocenters. The number of amides is 1. The highest BCUT2D eigenvalue weighted by molar-refractivity contribution is 5.82. The number of piperidine rings is 1. The quantitative estimate of drug-likeness (QED) is 0.117. The largest absolute Gasteiger partial charge is 0.496 e. The van der Waals surface area contributed by atoms with E-state index in [1.165, 1.54) is 5.56 Å². The van der Waals surface area contributed by atoms with Gasteiger partial charge in [0.2, 0.25) is 5.91 Å². The second-order valence-electron chi connectivity index (χ2n) is 15.5. The minimum atomic E-state index is -0.849. The molecule has 1 amide bonds. The molecule has 3 aromatic rings. The Morgan fingerprint density at radius 3 is 2.51 bits per heavy atom. The molecule has 0 aromatic heterocycles. The highest BCUT2D eigenvalue weighted by atomic mass is 16.5. The number of hydrogen-bond acceptors (Lipinski definition) is 9. The van der Waals surface area contributed by atoms with Gasteiger partial charge in [-0.3, -0.25) is 4.79 Å². The Morgan fingerprint density at radius 1 is 1.00 bits per heavy atom. The molecule has 290 valence electrons. The van der Waals surface area contributed by atoms with E-state index in [1.807, 2.05) is 48.5 Å². The van der Waals surface area contributed by atoms with E-state index in [4.69, 9.17) is 29.4 Å². The van der Waals surface area contributed by atoms with Gasteiger partial charge in [-0.2, -0.15) is 0 Å². The number of β-amino-alcohol motifs (C(OH)–C–C–N with tert-alkyl or cyclic N) is 1. The summed E-state index contributed by atoms with van der Waals surface area (Å²) in [7, 11) is 3.37. The number of ether oxygens (including phenoxy) is 5. The van der Waals surface area contributed by atoms with Gasteiger partial charge in [0.15, 0.2) is 0 Å². The first-order valence-corrected chi connectivity index (χ1v) is 19.2. The lowest BCUT2D eigenvalue weighted by molar-refractivity contribution is -0.147. The molecular weight excluding hydrogens is 670 g/mol. The zero-order chi connectivity index (χ0) is 38.0. The summed E-state index contributed by atoms with van der Waals surface area (Å²) in [6, 6.07) is 21.7. The molecule has 4 N–H and O–H groups in total. The summed E-state index contributed by atoms with van der Waals surface area (Å²) in [4.78, 5) is 15.3. The van der Waals surface area contributed by atoms with Gasteiger partial charge in [0.25, 0.3) is 0 Å². The van der Waals surface area contributed by atoms with Crippen molar-refractivity contribution in [3.8, 4) is 11.5 Å². The third-order valence-electron chi connectivity index (χ3n) is 10.4. The van der Waals surface area contributed by atoms with Crippen LogP contribution in [0, 0.1) is 5.92 Å². The molecule has 10 nitrogen and oxygen atoms in total. The molecule has 2 heterocycles. The smallest absolute Gasteiger partial charge is 0.239 e. The van der Waals surface area contributed by atoms with Crippen molar-refractivity contribution in [2.45, 2.75) is 95.7 Å². The molecule has 2 aliphatic rings. The van der Waals surface area contributed by atoms with Crippen molar-refractivity contribution < 1.29 is 33.6 Å². The Hall–Kier alpha value is -3.67. The number of benzene rings is 3. The van der Waals surface area contributed by atoms with E-state index in [0.717, 1.165) is 59.7 Å². The van der Waals surface area contributed by atoms with Gasteiger partial charge in [-0.1, -0.05) is 70.2 Å². The van der Waals surface area contributed by atoms with Crippen LogP contribution in [0.1, 0.15) is 87.7 Å². The summed E-state index contributed by atoms with van der Waals surface area (Å²) in [6.07, 6.45) is 1.24. The number of carbonyl (C=O) groups excluding carboxylic acids is 1. The van der Waals surface area contributed by atoms with Crippen molar-refractivity contribution >= 4 is 11.6 Å². The van der Waals surface area contributed by atoms with E-state index < -0.39 is 18.2 Å². The standard InChI is InChI=1S/C43H61N3O7/c1-29(2)23-35(44)42(48)46-25-37(47)41(30-14-17-33(18-15-30)52-22-10-21-51-27-32-11-7-8-12-38(32)50-6)40(26-46)53-39(13-9-20-49-5)31-16-19-34-36(24-31)45-28-43(34,3)4/h7-8,11-12,14-19,24,29,35,37,39-41,45,47H,9-10,13,20-23,25-28,44H2,1-6H3/t35?,37-,39?,40+,41+/m1/s1. The lowest BCUT2D eigenvalue weighted by Gasteiger charge is -2.44. The van der Waals surface area contributed by atoms with Crippen molar-refractivity contribution in [2.75, 3.05) is 59.0 Å². The van der Waals surface area contributed by atoms with Gasteiger partial charge < -0.3 is 44.7 Å². The summed E-state index contributed by atoms with van der Waals surface area (Å²) in [5.41, 5.74) is 11.9. The topological polar surface area (TPSA) is 125 Å². The van der Waals surface area contributed by atoms with Crippen LogP contribution in [0.5, 0.6) is 11.5 Å². The number of para-hydroxylation sites is 1. The van der Waals surface area contributed by atoms with Gasteiger partial charge >= 0.3 is 0 Å². The number of anilines is 1. The van der Waals surface area contributed by atoms with Gasteiger partial charge in [0.05, 0.1) is 51.3 Å². The van der Waals surface area contributed by atoms with Crippen LogP contribution in [-0.2, 0) is 31.0 Å². The monoisotopic (exact) mass is 731 g/mol. The average Bonchev–Trinajstić information content (AvgIpc) is 3.45. The summed E-state index contributed by atoms with van der Waals surface area (Å²) in [6.45, 7) is 12.2. The second kappa shape index (κ2) is 19.1. The summed E-state index contributed by atoms with van der Waals surface area (Å²) < 4.78 is 29.8. The van der Waals surface area contributed by atoms with Crippen LogP contribution in [0.15, 0.2) is 66.7 Å². The highest BCUT2D eigenvalue weighted by Crippen LogP contribution is 2.41. The van der Waals surface area contributed by atoms with Crippen molar-refractivity contribution in [2.24, 2.45) is 11.7 Å². The van der Waals surface area contributed by atoms with Crippen LogP contribution >= 0.6 is 0 Å². The Labute approximate surface area is 316 Å². The molecule has 3 aromatic carbocycles. The van der Waals surface area contributed by atoms with Gasteiger partial charge in [0, 0.05) is 62.4 Å². The van der Waals surface area contributed by atoms with Crippen LogP contribution in [0.3, 0.4) is 0 Å². The minimum absolute atomic E-state index is 0.0507. The maximum Gasteiger partial charge on any atom is 0.239 e. The molecule has 5 atom stereocenters. The number of nitrogens with one attached hydrogen (secondary N) is 1. The molecular formula is C43H61N3O7. The number of hydrogen-bond donors (Lipinski definition) is 3. The zero-order valence-corrected chi connectivity index (χ0v) is 32.5. The first-order chi connectivity index (χ1) is 25.5. The van der Waals surface area contributed by atoms with Gasteiger partial charge in [-0.05, 0) is 66.1 Å². The van der Waals surface area contributed by atoms with E-state index in [1.54, 1.807) is 19.1 Å². The Kier molecular flexibility index (Phi) is 14.6. The van der Waals surface area contributed by atoms with E-state index in [2.05, 4.69) is 51.2 Å². The zero-order valence-electron chi connectivity index (χ0n) is 32.5. The average molecular weight is 732 g/mol. The number of likely N-dealkylation sites (tertiary alicyclic amines) is 1. The highest BCUT2D eigenvalue weighted by Gasteiger charge is 2.42. The van der Waals surface area contributed by atoms with Crippen molar-refractivity contribution in [1.29, 1.82) is 0 Å².